The van der Waals surface area contributed by atoms with E-state index in [1.165, 1.54) is 5.69 Å². The van der Waals surface area contributed by atoms with Crippen LogP contribution in [0.25, 0.3) is 0 Å². The lowest BCUT2D eigenvalue weighted by Gasteiger charge is -2.12. The summed E-state index contributed by atoms with van der Waals surface area (Å²) in [4.78, 5) is 0. The fourth-order valence-electron chi connectivity index (χ4n) is 1.89. The number of halogens is 1. The average molecular weight is 243 g/mol. The maximum absolute atomic E-state index is 6.24. The Morgan fingerprint density at radius 1 is 1.44 bits per heavy atom. The molecule has 0 saturated carbocycles. The van der Waals surface area contributed by atoms with Crippen LogP contribution in [0.3, 0.4) is 0 Å². The number of nitrogens with zero attached hydrogens (tertiary/aromatic N) is 2. The minimum atomic E-state index is 0.305. The topological polar surface area (TPSA) is 17.8 Å². The number of alkyl halides is 1. The van der Waals surface area contributed by atoms with Gasteiger partial charge in [-0.15, -0.1) is 11.6 Å². The van der Waals surface area contributed by atoms with Crippen LogP contribution in [0.5, 0.6) is 0 Å². The first kappa shape index (κ1) is 13.6. The Morgan fingerprint density at radius 2 is 2.12 bits per heavy atom. The third-order valence-corrected chi connectivity index (χ3v) is 3.64. The Hall–Kier alpha value is -0.500. The van der Waals surface area contributed by atoms with Gasteiger partial charge in [-0.1, -0.05) is 13.8 Å². The first-order chi connectivity index (χ1) is 7.54. The SMILES string of the molecule is CCn1nc(C)cc1CCCC(Cl)C(C)C. The van der Waals surface area contributed by atoms with E-state index < -0.39 is 0 Å². The molecule has 0 amide bonds. The molecule has 0 aliphatic rings. The Balaban J connectivity index is 2.42. The smallest absolute Gasteiger partial charge is 0.0596 e. The van der Waals surface area contributed by atoms with E-state index in [0.29, 0.717) is 11.3 Å². The van der Waals surface area contributed by atoms with Crippen LogP contribution in [0.2, 0.25) is 0 Å². The van der Waals surface area contributed by atoms with Crippen molar-refractivity contribution in [2.24, 2.45) is 5.92 Å². The molecule has 3 heteroatoms. The second-order valence-electron chi connectivity index (χ2n) is 4.75. The van der Waals surface area contributed by atoms with Gasteiger partial charge in [0.25, 0.3) is 0 Å². The summed E-state index contributed by atoms with van der Waals surface area (Å²) < 4.78 is 2.09. The van der Waals surface area contributed by atoms with E-state index in [0.717, 1.165) is 31.5 Å². The molecule has 1 rings (SSSR count). The van der Waals surface area contributed by atoms with Crippen molar-refractivity contribution in [2.45, 2.75) is 58.9 Å². The van der Waals surface area contributed by atoms with Gasteiger partial charge in [0, 0.05) is 17.6 Å². The van der Waals surface area contributed by atoms with Crippen molar-refractivity contribution in [1.82, 2.24) is 9.78 Å². The molecule has 0 aliphatic heterocycles. The van der Waals surface area contributed by atoms with Gasteiger partial charge in [-0.05, 0) is 45.1 Å². The highest BCUT2D eigenvalue weighted by atomic mass is 35.5. The molecule has 0 radical (unpaired) electrons. The molecule has 1 aromatic heterocycles. The van der Waals surface area contributed by atoms with Gasteiger partial charge in [-0.25, -0.2) is 0 Å². The zero-order valence-corrected chi connectivity index (χ0v) is 11.6. The maximum Gasteiger partial charge on any atom is 0.0596 e. The lowest BCUT2D eigenvalue weighted by molar-refractivity contribution is 0.534. The molecule has 2 nitrogen and oxygen atoms in total. The Kier molecular flexibility index (Phi) is 5.33. The summed E-state index contributed by atoms with van der Waals surface area (Å²) in [6, 6.07) is 2.18. The molecule has 16 heavy (non-hydrogen) atoms. The van der Waals surface area contributed by atoms with E-state index in [-0.39, 0.29) is 0 Å². The first-order valence-corrected chi connectivity index (χ1v) is 6.65. The van der Waals surface area contributed by atoms with E-state index in [1.54, 1.807) is 0 Å². The van der Waals surface area contributed by atoms with Gasteiger partial charge in [0.2, 0.25) is 0 Å². The van der Waals surface area contributed by atoms with E-state index in [2.05, 4.69) is 36.6 Å². The highest BCUT2D eigenvalue weighted by Crippen LogP contribution is 2.17. The average Bonchev–Trinajstić information content (AvgIpc) is 2.58. The summed E-state index contributed by atoms with van der Waals surface area (Å²) in [6.07, 6.45) is 3.33. The summed E-state index contributed by atoms with van der Waals surface area (Å²) in [7, 11) is 0. The van der Waals surface area contributed by atoms with E-state index >= 15 is 0 Å². The van der Waals surface area contributed by atoms with Crippen molar-refractivity contribution in [3.63, 3.8) is 0 Å². The van der Waals surface area contributed by atoms with Crippen LogP contribution in [0, 0.1) is 12.8 Å². The summed E-state index contributed by atoms with van der Waals surface area (Å²) in [6.45, 7) is 9.50. The largest absolute Gasteiger partial charge is 0.270 e. The summed E-state index contributed by atoms with van der Waals surface area (Å²) in [5.74, 6) is 0.569. The minimum absolute atomic E-state index is 0.305. The van der Waals surface area contributed by atoms with Crippen molar-refractivity contribution in [2.75, 3.05) is 0 Å². The predicted octanol–water partition coefficient (Wildman–Crippen LogP) is 3.80. The molecule has 0 saturated heterocycles. The predicted molar refractivity (Wildman–Crippen MR) is 70.1 cm³/mol. The van der Waals surface area contributed by atoms with Crippen molar-refractivity contribution in [1.29, 1.82) is 0 Å². The number of rotatable bonds is 6. The van der Waals surface area contributed by atoms with E-state index in [4.69, 9.17) is 11.6 Å². The zero-order chi connectivity index (χ0) is 12.1. The molecular weight excluding hydrogens is 220 g/mol. The van der Waals surface area contributed by atoms with Gasteiger partial charge < -0.3 is 0 Å². The standard InChI is InChI=1S/C13H23ClN2/c1-5-16-12(9-11(4)15-16)7-6-8-13(14)10(2)3/h9-10,13H,5-8H2,1-4H3. The molecule has 92 valence electrons. The number of hydrogen-bond acceptors (Lipinski definition) is 1. The Morgan fingerprint density at radius 3 is 2.69 bits per heavy atom. The lowest BCUT2D eigenvalue weighted by Crippen LogP contribution is -2.09. The molecule has 1 unspecified atom stereocenters. The molecule has 0 bridgehead atoms. The third kappa shape index (κ3) is 3.82. The second kappa shape index (κ2) is 6.29. The zero-order valence-electron chi connectivity index (χ0n) is 10.8. The maximum atomic E-state index is 6.24. The molecule has 1 atom stereocenters. The lowest BCUT2D eigenvalue weighted by atomic mass is 10.0. The van der Waals surface area contributed by atoms with Crippen LogP contribution in [-0.4, -0.2) is 15.2 Å². The third-order valence-electron chi connectivity index (χ3n) is 2.92. The van der Waals surface area contributed by atoms with Crippen LogP contribution >= 0.6 is 11.6 Å². The molecule has 1 heterocycles. The van der Waals surface area contributed by atoms with E-state index in [1.807, 2.05) is 6.92 Å². The second-order valence-corrected chi connectivity index (χ2v) is 5.31. The number of aromatic nitrogens is 2. The van der Waals surface area contributed by atoms with Crippen molar-refractivity contribution in [3.8, 4) is 0 Å². The van der Waals surface area contributed by atoms with E-state index in [9.17, 15) is 0 Å². The molecule has 0 aromatic carbocycles. The normalized spacial score (nSPS) is 13.4. The Labute approximate surface area is 104 Å². The van der Waals surface area contributed by atoms with Crippen molar-refractivity contribution in [3.05, 3.63) is 17.5 Å². The summed E-state index contributed by atoms with van der Waals surface area (Å²) in [5.41, 5.74) is 2.45. The quantitative estimate of drug-likeness (QED) is 0.694. The molecular formula is C13H23ClN2. The molecule has 0 fully saturated rings. The summed E-state index contributed by atoms with van der Waals surface area (Å²) >= 11 is 6.24. The van der Waals surface area contributed by atoms with Crippen LogP contribution < -0.4 is 0 Å². The van der Waals surface area contributed by atoms with Crippen molar-refractivity contribution >= 4 is 11.6 Å². The highest BCUT2D eigenvalue weighted by Gasteiger charge is 2.10. The fraction of sp³-hybridized carbons (Fsp3) is 0.769. The van der Waals surface area contributed by atoms with Crippen LogP contribution in [0.1, 0.15) is 45.0 Å². The van der Waals surface area contributed by atoms with Crippen LogP contribution in [-0.2, 0) is 13.0 Å². The van der Waals surface area contributed by atoms with Crippen LogP contribution in [0.4, 0.5) is 0 Å². The molecule has 0 spiro atoms. The van der Waals surface area contributed by atoms with Gasteiger partial charge in [-0.3, -0.25) is 4.68 Å². The van der Waals surface area contributed by atoms with Gasteiger partial charge in [-0.2, -0.15) is 5.10 Å². The number of aryl methyl sites for hydroxylation is 3. The van der Waals surface area contributed by atoms with Gasteiger partial charge in [0.05, 0.1) is 5.69 Å². The fourth-order valence-corrected chi connectivity index (χ4v) is 2.04. The number of hydrogen-bond donors (Lipinski definition) is 0. The summed E-state index contributed by atoms with van der Waals surface area (Å²) in [5, 5.41) is 4.75. The monoisotopic (exact) mass is 242 g/mol. The van der Waals surface area contributed by atoms with Gasteiger partial charge in [0.15, 0.2) is 0 Å². The van der Waals surface area contributed by atoms with Gasteiger partial charge in [0.1, 0.15) is 0 Å². The molecule has 0 aliphatic carbocycles. The molecule has 0 N–H and O–H groups in total. The van der Waals surface area contributed by atoms with Crippen molar-refractivity contribution < 1.29 is 0 Å². The van der Waals surface area contributed by atoms with Crippen LogP contribution in [0.15, 0.2) is 6.07 Å². The Bertz CT molecular complexity index is 318. The minimum Gasteiger partial charge on any atom is -0.270 e. The van der Waals surface area contributed by atoms with Gasteiger partial charge >= 0.3 is 0 Å². The first-order valence-electron chi connectivity index (χ1n) is 6.22. The highest BCUT2D eigenvalue weighted by molar-refractivity contribution is 6.20. The molecule has 1 aromatic rings.